The van der Waals surface area contributed by atoms with Gasteiger partial charge in [0.05, 0.1) is 13.2 Å². The zero-order chi connectivity index (χ0) is 22.2. The highest BCUT2D eigenvalue weighted by Crippen LogP contribution is 2.29. The van der Waals surface area contributed by atoms with Crippen molar-refractivity contribution in [3.05, 3.63) is 58.4 Å². The predicted molar refractivity (Wildman–Crippen MR) is 126 cm³/mol. The van der Waals surface area contributed by atoms with Gasteiger partial charge in [-0.05, 0) is 44.0 Å². The summed E-state index contributed by atoms with van der Waals surface area (Å²) in [5.41, 5.74) is 2.91. The van der Waals surface area contributed by atoms with Gasteiger partial charge in [0, 0.05) is 24.2 Å². The molecular weight excluding hydrogens is 538 g/mol. The van der Waals surface area contributed by atoms with Gasteiger partial charge in [-0.3, -0.25) is 0 Å². The first kappa shape index (κ1) is 26.0. The smallest absolute Gasteiger partial charge is 0.387 e. The maximum absolute atomic E-state index is 13.9. The number of hydrogen-bond acceptors (Lipinski definition) is 4. The van der Waals surface area contributed by atoms with Crippen LogP contribution in [-0.2, 0) is 24.3 Å². The summed E-state index contributed by atoms with van der Waals surface area (Å²) >= 11 is 0. The van der Waals surface area contributed by atoms with Crippen LogP contribution in [0.15, 0.2) is 35.3 Å². The third-order valence-corrected chi connectivity index (χ3v) is 4.62. The van der Waals surface area contributed by atoms with Crippen LogP contribution in [0.5, 0.6) is 11.5 Å². The maximum atomic E-state index is 13.9. The Balaban J connectivity index is 0.00000363. The van der Waals surface area contributed by atoms with E-state index in [4.69, 9.17) is 9.47 Å². The normalized spacial score (nSPS) is 13.1. The molecule has 0 atom stereocenters. The van der Waals surface area contributed by atoms with E-state index in [1.165, 1.54) is 18.2 Å². The molecule has 0 amide bonds. The fraction of sp³-hybridized carbons (Fsp3) is 0.409. The van der Waals surface area contributed by atoms with Crippen LogP contribution in [0.1, 0.15) is 29.2 Å². The molecule has 0 radical (unpaired) electrons. The van der Waals surface area contributed by atoms with Gasteiger partial charge in [0.1, 0.15) is 17.3 Å². The summed E-state index contributed by atoms with van der Waals surface area (Å²) in [7, 11) is 0. The Morgan fingerprint density at radius 3 is 2.75 bits per heavy atom. The molecule has 2 aromatic carbocycles. The molecule has 32 heavy (non-hydrogen) atoms. The molecule has 10 heteroatoms. The van der Waals surface area contributed by atoms with Crippen molar-refractivity contribution in [3.63, 3.8) is 0 Å². The summed E-state index contributed by atoms with van der Waals surface area (Å²) < 4.78 is 54.6. The van der Waals surface area contributed by atoms with Gasteiger partial charge in [-0.2, -0.15) is 8.78 Å². The summed E-state index contributed by atoms with van der Waals surface area (Å²) in [6, 6.07) is 7.86. The molecule has 2 aromatic rings. The Labute approximate surface area is 202 Å². The van der Waals surface area contributed by atoms with Gasteiger partial charge >= 0.3 is 6.61 Å². The Morgan fingerprint density at radius 2 is 2.00 bits per heavy atom. The molecule has 3 rings (SSSR count). The fourth-order valence-electron chi connectivity index (χ4n) is 3.31. The molecule has 0 unspecified atom stereocenters. The fourth-order valence-corrected chi connectivity index (χ4v) is 3.31. The van der Waals surface area contributed by atoms with E-state index in [-0.39, 0.29) is 48.9 Å². The number of benzene rings is 2. The Bertz CT molecular complexity index is 929. The first-order valence-corrected chi connectivity index (χ1v) is 10.0. The van der Waals surface area contributed by atoms with Crippen LogP contribution in [0, 0.1) is 12.7 Å². The van der Waals surface area contributed by atoms with Crippen LogP contribution >= 0.6 is 24.0 Å². The van der Waals surface area contributed by atoms with E-state index in [9.17, 15) is 13.2 Å². The molecule has 176 valence electrons. The molecule has 0 aromatic heterocycles. The van der Waals surface area contributed by atoms with Gasteiger partial charge in [-0.1, -0.05) is 17.7 Å². The number of aryl methyl sites for hydroxylation is 1. The van der Waals surface area contributed by atoms with E-state index >= 15 is 0 Å². The lowest BCUT2D eigenvalue weighted by atomic mass is 10.1. The van der Waals surface area contributed by atoms with Crippen LogP contribution in [0.4, 0.5) is 13.2 Å². The topological polar surface area (TPSA) is 64.1 Å². The van der Waals surface area contributed by atoms with Crippen molar-refractivity contribution >= 4 is 29.9 Å². The minimum atomic E-state index is -2.90. The van der Waals surface area contributed by atoms with E-state index in [2.05, 4.69) is 20.4 Å². The summed E-state index contributed by atoms with van der Waals surface area (Å²) in [6.07, 6.45) is 0.509. The summed E-state index contributed by atoms with van der Waals surface area (Å²) in [6.45, 7) is 2.60. The number of rotatable bonds is 8. The number of hydrogen-bond donors (Lipinski definition) is 2. The summed E-state index contributed by atoms with van der Waals surface area (Å²) in [4.78, 5) is 4.47. The van der Waals surface area contributed by atoms with Crippen LogP contribution in [0.25, 0.3) is 0 Å². The first-order valence-electron chi connectivity index (χ1n) is 10.0. The van der Waals surface area contributed by atoms with Crippen molar-refractivity contribution in [1.29, 1.82) is 0 Å². The number of ether oxygens (including phenoxy) is 3. The number of nitrogens with zero attached hydrogens (tertiary/aromatic N) is 1. The van der Waals surface area contributed by atoms with Gasteiger partial charge in [0.2, 0.25) is 0 Å². The second-order valence-corrected chi connectivity index (χ2v) is 7.03. The molecule has 6 nitrogen and oxygen atoms in total. The predicted octanol–water partition coefficient (Wildman–Crippen LogP) is 4.52. The molecule has 1 heterocycles. The minimum Gasteiger partial charge on any atom is -0.467 e. The second kappa shape index (κ2) is 12.7. The molecule has 0 saturated carbocycles. The summed E-state index contributed by atoms with van der Waals surface area (Å²) in [5, 5.41) is 6.29. The standard InChI is InChI=1S/C22H26F3N3O3.HI/c1-3-26-22(28-11-16-8-14(2)4-5-19(16)31-21(24)25)27-7-6-15-9-18(23)10-17-12-29-13-30-20(15)17;/h4-5,8-10,21H,3,6-7,11-13H2,1-2H3,(H2,26,27,28);1H. The van der Waals surface area contributed by atoms with E-state index in [0.29, 0.717) is 49.0 Å². The van der Waals surface area contributed by atoms with Crippen LogP contribution in [-0.4, -0.2) is 32.5 Å². The number of alkyl halides is 2. The highest BCUT2D eigenvalue weighted by Gasteiger charge is 2.17. The van der Waals surface area contributed by atoms with Gasteiger partial charge < -0.3 is 24.8 Å². The van der Waals surface area contributed by atoms with E-state index in [0.717, 1.165) is 11.1 Å². The minimum absolute atomic E-state index is 0. The monoisotopic (exact) mass is 565 g/mol. The molecule has 1 aliphatic heterocycles. The van der Waals surface area contributed by atoms with Crippen molar-refractivity contribution in [1.82, 2.24) is 10.6 Å². The van der Waals surface area contributed by atoms with Crippen molar-refractivity contribution in [2.75, 3.05) is 19.9 Å². The second-order valence-electron chi connectivity index (χ2n) is 7.03. The van der Waals surface area contributed by atoms with Crippen LogP contribution < -0.4 is 20.1 Å². The number of fused-ring (bicyclic) bond motifs is 1. The lowest BCUT2D eigenvalue weighted by Crippen LogP contribution is -2.38. The van der Waals surface area contributed by atoms with Crippen molar-refractivity contribution < 1.29 is 27.4 Å². The zero-order valence-electron chi connectivity index (χ0n) is 17.9. The molecule has 1 aliphatic rings. The van der Waals surface area contributed by atoms with Gasteiger partial charge in [-0.25, -0.2) is 9.38 Å². The molecule has 0 bridgehead atoms. The average molecular weight is 565 g/mol. The van der Waals surface area contributed by atoms with Crippen LogP contribution in [0.3, 0.4) is 0 Å². The van der Waals surface area contributed by atoms with E-state index < -0.39 is 6.61 Å². The van der Waals surface area contributed by atoms with Crippen molar-refractivity contribution in [3.8, 4) is 11.5 Å². The SMILES string of the molecule is CCNC(=NCc1cc(C)ccc1OC(F)F)NCCc1cc(F)cc2c1OCOC2.I. The zero-order valence-corrected chi connectivity index (χ0v) is 20.3. The molecule has 0 aliphatic carbocycles. The average Bonchev–Trinajstić information content (AvgIpc) is 2.73. The number of aliphatic imine (C=N–C) groups is 1. The molecular formula is C22H27F3IN3O3. The maximum Gasteiger partial charge on any atom is 0.387 e. The Kier molecular flexibility index (Phi) is 10.4. The number of nitrogens with one attached hydrogen (secondary N) is 2. The first-order chi connectivity index (χ1) is 15.0. The molecule has 0 spiro atoms. The number of guanidine groups is 1. The molecule has 0 fully saturated rings. The van der Waals surface area contributed by atoms with Gasteiger partial charge in [0.25, 0.3) is 0 Å². The third kappa shape index (κ3) is 7.44. The van der Waals surface area contributed by atoms with E-state index in [1.54, 1.807) is 12.1 Å². The van der Waals surface area contributed by atoms with E-state index in [1.807, 2.05) is 13.8 Å². The largest absolute Gasteiger partial charge is 0.467 e. The lowest BCUT2D eigenvalue weighted by molar-refractivity contribution is -0.0504. The highest BCUT2D eigenvalue weighted by atomic mass is 127. The highest BCUT2D eigenvalue weighted by molar-refractivity contribution is 14.0. The van der Waals surface area contributed by atoms with Gasteiger partial charge in [-0.15, -0.1) is 24.0 Å². The van der Waals surface area contributed by atoms with Crippen LogP contribution in [0.2, 0.25) is 0 Å². The molecule has 0 saturated heterocycles. The Hall–Kier alpha value is -2.21. The lowest BCUT2D eigenvalue weighted by Gasteiger charge is -2.21. The molecule has 2 N–H and O–H groups in total. The number of halogens is 4. The van der Waals surface area contributed by atoms with Crippen molar-refractivity contribution in [2.24, 2.45) is 4.99 Å². The quantitative estimate of drug-likeness (QED) is 0.280. The van der Waals surface area contributed by atoms with Gasteiger partial charge in [0.15, 0.2) is 12.8 Å². The third-order valence-electron chi connectivity index (χ3n) is 4.62. The Morgan fingerprint density at radius 1 is 1.19 bits per heavy atom. The van der Waals surface area contributed by atoms with Crippen molar-refractivity contribution in [2.45, 2.75) is 40.0 Å². The summed E-state index contributed by atoms with van der Waals surface area (Å²) in [5.74, 6) is 0.937.